The van der Waals surface area contributed by atoms with Crippen LogP contribution in [0.4, 0.5) is 0 Å². The molecule has 0 heterocycles. The van der Waals surface area contributed by atoms with Crippen LogP contribution in [-0.2, 0) is 4.79 Å². The number of carboxylic acid groups (broad SMARTS) is 1. The quantitative estimate of drug-likeness (QED) is 0.837. The molecule has 0 aliphatic carbocycles. The summed E-state index contributed by atoms with van der Waals surface area (Å²) in [5.41, 5.74) is -0.798. The molecule has 92 valence electrons. The molecule has 0 aliphatic heterocycles. The first-order chi connectivity index (χ1) is 7.88. The largest absolute Gasteiger partial charge is 0.480 e. The fourth-order valence-electron chi connectivity index (χ4n) is 1.34. The Morgan fingerprint density at radius 1 is 1.24 bits per heavy atom. The average molecular weight is 235 g/mol. The summed E-state index contributed by atoms with van der Waals surface area (Å²) in [5, 5.41) is 11.8. The molecule has 1 atom stereocenters. The summed E-state index contributed by atoms with van der Waals surface area (Å²) >= 11 is 0. The highest BCUT2D eigenvalue weighted by molar-refractivity contribution is 5.97. The predicted octanol–water partition coefficient (Wildman–Crippen LogP) is 1.92. The Labute approximate surface area is 101 Å². The number of carboxylic acids is 1. The third-order valence-corrected chi connectivity index (χ3v) is 3.01. The normalized spacial score (nSPS) is 14.1. The number of hydrogen-bond donors (Lipinski definition) is 2. The van der Waals surface area contributed by atoms with E-state index in [0.717, 1.165) is 0 Å². The van der Waals surface area contributed by atoms with Crippen LogP contribution in [0.3, 0.4) is 0 Å². The number of carbonyl (C=O) groups excluding carboxylic acids is 1. The van der Waals surface area contributed by atoms with E-state index in [1.165, 1.54) is 6.92 Å². The van der Waals surface area contributed by atoms with Gasteiger partial charge in [0.15, 0.2) is 0 Å². The third-order valence-electron chi connectivity index (χ3n) is 3.01. The van der Waals surface area contributed by atoms with Crippen molar-refractivity contribution in [2.45, 2.75) is 26.3 Å². The van der Waals surface area contributed by atoms with E-state index in [1.54, 1.807) is 44.2 Å². The van der Waals surface area contributed by atoms with Gasteiger partial charge in [0.2, 0.25) is 0 Å². The number of rotatable bonds is 4. The molecular formula is C13H17NO3. The molecule has 0 spiro atoms. The molecule has 0 radical (unpaired) electrons. The molecule has 17 heavy (non-hydrogen) atoms. The summed E-state index contributed by atoms with van der Waals surface area (Å²) in [7, 11) is 0. The number of hydrogen-bond acceptors (Lipinski definition) is 2. The minimum atomic E-state index is -1.26. The molecular weight excluding hydrogens is 218 g/mol. The van der Waals surface area contributed by atoms with Crippen LogP contribution < -0.4 is 5.32 Å². The van der Waals surface area contributed by atoms with Gasteiger partial charge >= 0.3 is 5.97 Å². The highest BCUT2D eigenvalue weighted by Crippen LogP contribution is 2.17. The molecule has 1 aromatic rings. The van der Waals surface area contributed by atoms with E-state index in [2.05, 4.69) is 5.32 Å². The lowest BCUT2D eigenvalue weighted by Crippen LogP contribution is -2.55. The molecule has 0 unspecified atom stereocenters. The van der Waals surface area contributed by atoms with Gasteiger partial charge in [0.1, 0.15) is 5.54 Å². The fraction of sp³-hybridized carbons (Fsp3) is 0.385. The maximum Gasteiger partial charge on any atom is 0.329 e. The second-order valence-corrected chi connectivity index (χ2v) is 4.48. The van der Waals surface area contributed by atoms with Gasteiger partial charge < -0.3 is 10.4 Å². The monoisotopic (exact) mass is 235 g/mol. The van der Waals surface area contributed by atoms with Crippen molar-refractivity contribution in [1.29, 1.82) is 0 Å². The van der Waals surface area contributed by atoms with E-state index in [4.69, 9.17) is 0 Å². The lowest BCUT2D eigenvalue weighted by molar-refractivity contribution is -0.145. The summed E-state index contributed by atoms with van der Waals surface area (Å²) < 4.78 is 0. The van der Waals surface area contributed by atoms with Gasteiger partial charge in [0, 0.05) is 5.56 Å². The molecule has 0 saturated carbocycles. The minimum absolute atomic E-state index is 0.201. The lowest BCUT2D eigenvalue weighted by atomic mass is 9.88. The number of benzene rings is 1. The van der Waals surface area contributed by atoms with E-state index in [-0.39, 0.29) is 11.8 Å². The predicted molar refractivity (Wildman–Crippen MR) is 64.8 cm³/mol. The first-order valence-corrected chi connectivity index (χ1v) is 5.49. The summed E-state index contributed by atoms with van der Waals surface area (Å²) in [6.45, 7) is 5.04. The zero-order chi connectivity index (χ0) is 13.1. The van der Waals surface area contributed by atoms with Crippen molar-refractivity contribution < 1.29 is 14.7 Å². The Kier molecular flexibility index (Phi) is 3.89. The Morgan fingerprint density at radius 3 is 2.18 bits per heavy atom. The Hall–Kier alpha value is -1.84. The molecule has 0 fully saturated rings. The zero-order valence-electron chi connectivity index (χ0n) is 10.2. The van der Waals surface area contributed by atoms with Crippen molar-refractivity contribution in [1.82, 2.24) is 5.32 Å². The smallest absolute Gasteiger partial charge is 0.329 e. The van der Waals surface area contributed by atoms with Crippen molar-refractivity contribution in [3.8, 4) is 0 Å². The number of carbonyl (C=O) groups is 2. The van der Waals surface area contributed by atoms with Crippen molar-refractivity contribution in [2.75, 3.05) is 0 Å². The molecule has 1 amide bonds. The van der Waals surface area contributed by atoms with Crippen LogP contribution in [0.25, 0.3) is 0 Å². The standard InChI is InChI=1S/C13H17NO3/c1-9(2)13(3,12(16)17)14-11(15)10-7-5-4-6-8-10/h4-9H,1-3H3,(H,14,15)(H,16,17)/t13-/m0/s1. The molecule has 2 N–H and O–H groups in total. The second-order valence-electron chi connectivity index (χ2n) is 4.48. The number of amides is 1. The van der Waals surface area contributed by atoms with Gasteiger partial charge in [-0.1, -0.05) is 32.0 Å². The van der Waals surface area contributed by atoms with E-state index in [0.29, 0.717) is 5.56 Å². The maximum atomic E-state index is 11.9. The molecule has 1 aromatic carbocycles. The van der Waals surface area contributed by atoms with Crippen LogP contribution >= 0.6 is 0 Å². The van der Waals surface area contributed by atoms with E-state index in [9.17, 15) is 14.7 Å². The summed E-state index contributed by atoms with van der Waals surface area (Å²) in [5.74, 6) is -1.60. The Bertz CT molecular complexity index is 414. The first kappa shape index (κ1) is 13.2. The Morgan fingerprint density at radius 2 is 1.76 bits per heavy atom. The van der Waals surface area contributed by atoms with E-state index >= 15 is 0 Å². The van der Waals surface area contributed by atoms with Crippen LogP contribution in [-0.4, -0.2) is 22.5 Å². The van der Waals surface area contributed by atoms with Crippen LogP contribution in [0.2, 0.25) is 0 Å². The van der Waals surface area contributed by atoms with Crippen molar-refractivity contribution in [3.05, 3.63) is 35.9 Å². The average Bonchev–Trinajstić information content (AvgIpc) is 2.29. The van der Waals surface area contributed by atoms with Crippen molar-refractivity contribution >= 4 is 11.9 Å². The second kappa shape index (κ2) is 4.99. The van der Waals surface area contributed by atoms with Gasteiger partial charge in [0.25, 0.3) is 5.91 Å². The molecule has 0 saturated heterocycles. The highest BCUT2D eigenvalue weighted by Gasteiger charge is 2.38. The topological polar surface area (TPSA) is 66.4 Å². The number of nitrogens with one attached hydrogen (secondary N) is 1. The van der Waals surface area contributed by atoms with Gasteiger partial charge in [-0.3, -0.25) is 4.79 Å². The molecule has 0 bridgehead atoms. The molecule has 0 aliphatic rings. The Balaban J connectivity index is 2.90. The van der Waals surface area contributed by atoms with Crippen LogP contribution in [0, 0.1) is 5.92 Å². The van der Waals surface area contributed by atoms with Crippen molar-refractivity contribution in [3.63, 3.8) is 0 Å². The third kappa shape index (κ3) is 2.84. The van der Waals surface area contributed by atoms with Gasteiger partial charge in [-0.25, -0.2) is 4.79 Å². The van der Waals surface area contributed by atoms with Gasteiger partial charge in [-0.05, 0) is 25.0 Å². The molecule has 4 heteroatoms. The lowest BCUT2D eigenvalue weighted by Gasteiger charge is -2.30. The van der Waals surface area contributed by atoms with Gasteiger partial charge in [-0.2, -0.15) is 0 Å². The van der Waals surface area contributed by atoms with E-state index in [1.807, 2.05) is 0 Å². The van der Waals surface area contributed by atoms with Crippen LogP contribution in [0.15, 0.2) is 30.3 Å². The summed E-state index contributed by atoms with van der Waals surface area (Å²) in [4.78, 5) is 23.1. The van der Waals surface area contributed by atoms with Gasteiger partial charge in [-0.15, -0.1) is 0 Å². The van der Waals surface area contributed by atoms with Crippen LogP contribution in [0.5, 0.6) is 0 Å². The zero-order valence-corrected chi connectivity index (χ0v) is 10.2. The fourth-order valence-corrected chi connectivity index (χ4v) is 1.34. The van der Waals surface area contributed by atoms with E-state index < -0.39 is 11.5 Å². The SMILES string of the molecule is CC(C)[C@](C)(NC(=O)c1ccccc1)C(=O)O. The molecule has 0 aromatic heterocycles. The highest BCUT2D eigenvalue weighted by atomic mass is 16.4. The summed E-state index contributed by atoms with van der Waals surface area (Å²) in [6, 6.07) is 8.58. The van der Waals surface area contributed by atoms with Crippen molar-refractivity contribution in [2.24, 2.45) is 5.92 Å². The number of aliphatic carboxylic acids is 1. The van der Waals surface area contributed by atoms with Crippen LogP contribution in [0.1, 0.15) is 31.1 Å². The van der Waals surface area contributed by atoms with Gasteiger partial charge in [0.05, 0.1) is 0 Å². The maximum absolute atomic E-state index is 11.9. The minimum Gasteiger partial charge on any atom is -0.480 e. The molecule has 4 nitrogen and oxygen atoms in total. The first-order valence-electron chi connectivity index (χ1n) is 5.49. The summed E-state index contributed by atoms with van der Waals surface area (Å²) in [6.07, 6.45) is 0. The molecule has 1 rings (SSSR count).